The van der Waals surface area contributed by atoms with Gasteiger partial charge >= 0.3 is 6.16 Å². The number of rotatable bonds is 5. The van der Waals surface area contributed by atoms with Gasteiger partial charge in [0.1, 0.15) is 0 Å². The predicted octanol–water partition coefficient (Wildman–Crippen LogP) is 3.71. The standard InChI is InChI=1S/C21H26ClN3O2S.CH2O3/c1-16-20(17-6-3-2-4-7-17)21(16)23-28(26,27)25-13-5-12-24(14-15-25)19-10-8-18(22)9-11-19;2-1(3)4/h2-4,6-11,16,20-21,23H,5,12-15H2,1H3;(H2,2,3,4)/t16-,20-,21+;/m1./s1. The quantitative estimate of drug-likeness (QED) is 0.600. The van der Waals surface area contributed by atoms with Crippen LogP contribution in [0.4, 0.5) is 10.5 Å². The largest absolute Gasteiger partial charge is 0.503 e. The molecule has 0 radical (unpaired) electrons. The molecule has 2 aromatic rings. The Labute approximate surface area is 193 Å². The number of nitrogens with zero attached hydrogens (tertiary/aromatic N) is 2. The zero-order valence-corrected chi connectivity index (χ0v) is 19.3. The van der Waals surface area contributed by atoms with E-state index in [-0.39, 0.29) is 12.0 Å². The average Bonchev–Trinajstić information content (AvgIpc) is 3.44. The topological polar surface area (TPSA) is 110 Å². The van der Waals surface area contributed by atoms with E-state index in [0.29, 0.717) is 30.6 Å². The van der Waals surface area contributed by atoms with Crippen LogP contribution in [-0.2, 0) is 10.2 Å². The first-order chi connectivity index (χ1) is 15.2. The van der Waals surface area contributed by atoms with Gasteiger partial charge in [-0.3, -0.25) is 0 Å². The third-order valence-corrected chi connectivity index (χ3v) is 7.70. The van der Waals surface area contributed by atoms with Crippen LogP contribution in [0.1, 0.15) is 24.8 Å². The monoisotopic (exact) mass is 481 g/mol. The van der Waals surface area contributed by atoms with E-state index >= 15 is 0 Å². The van der Waals surface area contributed by atoms with Crippen molar-refractivity contribution < 1.29 is 23.4 Å². The van der Waals surface area contributed by atoms with Gasteiger partial charge in [0, 0.05) is 48.8 Å². The molecule has 1 aliphatic heterocycles. The van der Waals surface area contributed by atoms with Crippen LogP contribution in [0, 0.1) is 5.92 Å². The summed E-state index contributed by atoms with van der Waals surface area (Å²) in [6.07, 6.45) is -1.04. The number of carbonyl (C=O) groups is 1. The van der Waals surface area contributed by atoms with Gasteiger partial charge in [0.25, 0.3) is 10.2 Å². The second-order valence-electron chi connectivity index (χ2n) is 7.94. The summed E-state index contributed by atoms with van der Waals surface area (Å²) < 4.78 is 30.5. The molecular formula is C22H28ClN3O5S. The molecule has 3 atom stereocenters. The van der Waals surface area contributed by atoms with Gasteiger partial charge in [-0.05, 0) is 42.2 Å². The lowest BCUT2D eigenvalue weighted by Gasteiger charge is -2.23. The number of hydrogen-bond donors (Lipinski definition) is 3. The molecule has 4 rings (SSSR count). The van der Waals surface area contributed by atoms with Crippen molar-refractivity contribution in [1.29, 1.82) is 0 Å². The third kappa shape index (κ3) is 6.35. The van der Waals surface area contributed by atoms with Gasteiger partial charge in [0.2, 0.25) is 0 Å². The molecule has 2 aliphatic rings. The summed E-state index contributed by atoms with van der Waals surface area (Å²) in [6.45, 7) is 4.63. The van der Waals surface area contributed by atoms with Crippen LogP contribution >= 0.6 is 11.6 Å². The van der Waals surface area contributed by atoms with Crippen LogP contribution in [0.3, 0.4) is 0 Å². The van der Waals surface area contributed by atoms with Gasteiger partial charge in [-0.25, -0.2) is 4.79 Å². The smallest absolute Gasteiger partial charge is 0.450 e. The van der Waals surface area contributed by atoms with Gasteiger partial charge in [0.15, 0.2) is 0 Å². The molecule has 0 spiro atoms. The maximum Gasteiger partial charge on any atom is 0.503 e. The van der Waals surface area contributed by atoms with Gasteiger partial charge in [0.05, 0.1) is 0 Å². The molecule has 8 nitrogen and oxygen atoms in total. The molecule has 0 unspecified atom stereocenters. The van der Waals surface area contributed by atoms with Gasteiger partial charge in [-0.15, -0.1) is 0 Å². The van der Waals surface area contributed by atoms with Crippen LogP contribution < -0.4 is 9.62 Å². The van der Waals surface area contributed by atoms with E-state index in [9.17, 15) is 8.42 Å². The third-order valence-electron chi connectivity index (χ3n) is 5.83. The molecule has 10 heteroatoms. The lowest BCUT2D eigenvalue weighted by Crippen LogP contribution is -2.44. The Hall–Kier alpha value is -2.33. The molecule has 0 aromatic heterocycles. The van der Waals surface area contributed by atoms with Crippen LogP contribution in [0.5, 0.6) is 0 Å². The Bertz CT molecular complexity index is 1000. The molecule has 2 aromatic carbocycles. The lowest BCUT2D eigenvalue weighted by atomic mass is 10.1. The summed E-state index contributed by atoms with van der Waals surface area (Å²) in [5, 5.41) is 14.7. The van der Waals surface area contributed by atoms with Crippen LogP contribution in [0.25, 0.3) is 0 Å². The normalized spacial score (nSPS) is 23.6. The zero-order valence-electron chi connectivity index (χ0n) is 17.8. The molecule has 3 N–H and O–H groups in total. The first-order valence-electron chi connectivity index (χ1n) is 10.4. The fourth-order valence-electron chi connectivity index (χ4n) is 4.12. The number of carboxylic acid groups (broad SMARTS) is 2. The van der Waals surface area contributed by atoms with Crippen molar-refractivity contribution in [3.63, 3.8) is 0 Å². The SMILES string of the molecule is C[C@H]1[C@H](NS(=O)(=O)N2CCCN(c3ccc(Cl)cc3)CC2)[C@H]1c1ccccc1.O=C(O)O. The van der Waals surface area contributed by atoms with E-state index in [1.54, 1.807) is 4.31 Å². The number of halogens is 1. The number of nitrogens with one attached hydrogen (secondary N) is 1. The maximum absolute atomic E-state index is 13.0. The highest BCUT2D eigenvalue weighted by molar-refractivity contribution is 7.87. The summed E-state index contributed by atoms with van der Waals surface area (Å²) in [4.78, 5) is 10.8. The van der Waals surface area contributed by atoms with Crippen LogP contribution in [0.2, 0.25) is 5.02 Å². The van der Waals surface area contributed by atoms with Crippen molar-refractivity contribution in [2.45, 2.75) is 25.3 Å². The molecule has 2 fully saturated rings. The minimum atomic E-state index is -3.49. The molecule has 1 saturated heterocycles. The Morgan fingerprint density at radius 3 is 2.25 bits per heavy atom. The molecule has 1 heterocycles. The summed E-state index contributed by atoms with van der Waals surface area (Å²) >= 11 is 5.97. The van der Waals surface area contributed by atoms with E-state index in [1.165, 1.54) is 5.56 Å². The summed E-state index contributed by atoms with van der Waals surface area (Å²) in [7, 11) is -3.49. The fourth-order valence-corrected chi connectivity index (χ4v) is 5.79. The number of hydrogen-bond acceptors (Lipinski definition) is 4. The van der Waals surface area contributed by atoms with Gasteiger partial charge in [-0.2, -0.15) is 17.4 Å². The second-order valence-corrected chi connectivity index (χ2v) is 10.1. The Balaban J connectivity index is 0.000000668. The predicted molar refractivity (Wildman–Crippen MR) is 125 cm³/mol. The second kappa shape index (κ2) is 10.5. The van der Waals surface area contributed by atoms with E-state index in [0.717, 1.165) is 18.7 Å². The highest BCUT2D eigenvalue weighted by Crippen LogP contribution is 2.47. The highest BCUT2D eigenvalue weighted by atomic mass is 35.5. The maximum atomic E-state index is 13.0. The van der Waals surface area contributed by atoms with Crippen LogP contribution in [-0.4, -0.2) is 61.3 Å². The molecule has 32 heavy (non-hydrogen) atoms. The van der Waals surface area contributed by atoms with Crippen molar-refractivity contribution in [3.05, 3.63) is 65.2 Å². The molecule has 1 aliphatic carbocycles. The van der Waals surface area contributed by atoms with Crippen molar-refractivity contribution in [3.8, 4) is 0 Å². The average molecular weight is 482 g/mol. The highest BCUT2D eigenvalue weighted by Gasteiger charge is 2.50. The minimum absolute atomic E-state index is 0.0250. The van der Waals surface area contributed by atoms with Crippen molar-refractivity contribution in [2.75, 3.05) is 31.1 Å². The molecule has 0 bridgehead atoms. The van der Waals surface area contributed by atoms with Crippen LogP contribution in [0.15, 0.2) is 54.6 Å². The Morgan fingerprint density at radius 2 is 1.62 bits per heavy atom. The molecule has 0 amide bonds. The van der Waals surface area contributed by atoms with Crippen molar-refractivity contribution in [2.24, 2.45) is 5.92 Å². The summed E-state index contributed by atoms with van der Waals surface area (Å²) in [5.41, 5.74) is 2.28. The first-order valence-corrected chi connectivity index (χ1v) is 12.3. The van der Waals surface area contributed by atoms with Gasteiger partial charge in [-0.1, -0.05) is 48.9 Å². The lowest BCUT2D eigenvalue weighted by molar-refractivity contribution is 0.137. The summed E-state index contributed by atoms with van der Waals surface area (Å²) in [6, 6.07) is 17.8. The van der Waals surface area contributed by atoms with E-state index in [4.69, 9.17) is 26.6 Å². The van der Waals surface area contributed by atoms with Gasteiger partial charge < -0.3 is 15.1 Å². The molecule has 174 valence electrons. The first kappa shape index (κ1) is 24.3. The van der Waals surface area contributed by atoms with E-state index in [1.807, 2.05) is 42.5 Å². The molecule has 1 saturated carbocycles. The Morgan fingerprint density at radius 1 is 1.00 bits per heavy atom. The zero-order chi connectivity index (χ0) is 23.3. The van der Waals surface area contributed by atoms with Crippen molar-refractivity contribution in [1.82, 2.24) is 9.03 Å². The number of anilines is 1. The van der Waals surface area contributed by atoms with Crippen molar-refractivity contribution >= 4 is 33.7 Å². The fraction of sp³-hybridized carbons (Fsp3) is 0.409. The summed E-state index contributed by atoms with van der Waals surface area (Å²) in [5.74, 6) is 0.572. The minimum Gasteiger partial charge on any atom is -0.450 e. The van der Waals surface area contributed by atoms with E-state index < -0.39 is 16.4 Å². The molecular weight excluding hydrogens is 454 g/mol. The van der Waals surface area contributed by atoms with E-state index in [2.05, 4.69) is 28.7 Å². The Kier molecular flexibility index (Phi) is 8.00. The number of benzene rings is 2.